The van der Waals surface area contributed by atoms with Gasteiger partial charge >= 0.3 is 0 Å². The number of methoxy groups -OCH3 is 1. The zero-order valence-corrected chi connectivity index (χ0v) is 32.9. The Morgan fingerprint density at radius 1 is 1.00 bits per heavy atom. The molecule has 10 atom stereocenters. The Labute approximate surface area is 325 Å². The van der Waals surface area contributed by atoms with E-state index in [-0.39, 0.29) is 50.5 Å². The topological polar surface area (TPSA) is 189 Å². The number of fused-ring (bicyclic) bond motifs is 6. The first-order valence-corrected chi connectivity index (χ1v) is 18.9. The molecule has 3 heterocycles. The number of hydrogen-bond donors (Lipinski definition) is 6. The fraction of sp³-hybridized carbons (Fsp3) is 0.442. The van der Waals surface area contributed by atoms with Gasteiger partial charge in [0.05, 0.1) is 41.8 Å². The molecule has 0 spiro atoms. The van der Waals surface area contributed by atoms with E-state index < -0.39 is 77.3 Å². The molecule has 1 aliphatic heterocycles. The number of nitrogens with zero attached hydrogens (tertiary/aromatic N) is 4. The zero-order valence-electron chi connectivity index (χ0n) is 32.9. The Morgan fingerprint density at radius 2 is 1.71 bits per heavy atom. The molecule has 0 fully saturated rings. The number of amides is 1. The Hall–Kier alpha value is -5.26. The quantitative estimate of drug-likeness (QED) is 0.0761. The predicted molar refractivity (Wildman–Crippen MR) is 215 cm³/mol. The minimum atomic E-state index is -1.22. The van der Waals surface area contributed by atoms with E-state index in [0.29, 0.717) is 11.2 Å². The number of hydrazone groups is 1. The lowest BCUT2D eigenvalue weighted by Gasteiger charge is -2.41. The first kappa shape index (κ1) is 40.4. The van der Waals surface area contributed by atoms with Crippen molar-refractivity contribution in [3.05, 3.63) is 70.3 Å². The second kappa shape index (κ2) is 16.1. The summed E-state index contributed by atoms with van der Waals surface area (Å²) in [4.78, 5) is 33.5. The van der Waals surface area contributed by atoms with Gasteiger partial charge in [0.1, 0.15) is 22.4 Å². The van der Waals surface area contributed by atoms with Crippen molar-refractivity contribution in [1.82, 2.24) is 14.4 Å². The molecule has 2 unspecified atom stereocenters. The predicted octanol–water partition coefficient (Wildman–Crippen LogP) is 2.78. The summed E-state index contributed by atoms with van der Waals surface area (Å²) in [6.07, 6.45) is 7.52. The lowest BCUT2D eigenvalue weighted by atomic mass is 9.69. The summed E-state index contributed by atoms with van der Waals surface area (Å²) in [6, 6.07) is 3.56. The second-order valence-corrected chi connectivity index (χ2v) is 15.5. The second-order valence-electron chi connectivity index (χ2n) is 15.5. The maximum atomic E-state index is 14.6. The van der Waals surface area contributed by atoms with Crippen molar-refractivity contribution in [1.29, 1.82) is 0 Å². The van der Waals surface area contributed by atoms with Crippen LogP contribution in [0.5, 0.6) is 5.75 Å². The molecule has 6 bridgehead atoms. The number of allylic oxidation sites excluding steroid dienone is 3. The number of hydrogen-bond acceptors (Lipinski definition) is 11. The summed E-state index contributed by atoms with van der Waals surface area (Å²) in [5, 5.41) is 68.0. The summed E-state index contributed by atoms with van der Waals surface area (Å²) in [5.41, 5.74) is 1.92. The van der Waals surface area contributed by atoms with E-state index in [1.807, 2.05) is 13.0 Å². The van der Waals surface area contributed by atoms with Crippen molar-refractivity contribution in [2.24, 2.45) is 40.6 Å². The van der Waals surface area contributed by atoms with Gasteiger partial charge in [0.2, 0.25) is 0 Å². The number of aliphatic hydroxyl groups is 4. The van der Waals surface area contributed by atoms with Crippen LogP contribution in [0, 0.1) is 47.3 Å². The van der Waals surface area contributed by atoms with Gasteiger partial charge < -0.3 is 40.6 Å². The Bertz CT molecular complexity index is 2380. The highest BCUT2D eigenvalue weighted by Crippen LogP contribution is 2.40. The first-order valence-electron chi connectivity index (χ1n) is 18.9. The highest BCUT2D eigenvalue weighted by Gasteiger charge is 2.44. The molecule has 2 aromatic heterocycles. The first-order chi connectivity index (χ1) is 26.6. The van der Waals surface area contributed by atoms with Crippen LogP contribution in [0.3, 0.4) is 0 Å². The van der Waals surface area contributed by atoms with Crippen molar-refractivity contribution >= 4 is 51.6 Å². The molecule has 2 aliphatic carbocycles. The van der Waals surface area contributed by atoms with Crippen LogP contribution in [0.4, 0.5) is 5.69 Å². The maximum Gasteiger partial charge on any atom is 0.251 e. The van der Waals surface area contributed by atoms with Crippen molar-refractivity contribution in [2.45, 2.75) is 65.5 Å². The number of carbonyl (C=O) groups excluding carboxylic acids is 2. The number of anilines is 1. The van der Waals surface area contributed by atoms with Crippen LogP contribution in [0.2, 0.25) is 0 Å². The Balaban J connectivity index is 1.77. The van der Waals surface area contributed by atoms with Gasteiger partial charge in [-0.3, -0.25) is 14.0 Å². The van der Waals surface area contributed by atoms with Crippen LogP contribution < -0.4 is 15.8 Å². The average Bonchev–Trinajstić information content (AvgIpc) is 3.48. The number of carbonyl (C=O) groups is 2. The number of benzene rings is 1. The number of aromatic hydroxyl groups is 1. The number of Topliss-reactive ketones (excluding diaryl/α,β-unsaturated/α-hetero) is 1. The monoisotopic (exact) mass is 765 g/mol. The number of aromatic nitrogens is 2. The average molecular weight is 766 g/mol. The van der Waals surface area contributed by atoms with Gasteiger partial charge in [-0.25, -0.2) is 4.98 Å². The van der Waals surface area contributed by atoms with E-state index in [1.165, 1.54) is 7.11 Å². The molecule has 3 aromatic rings. The number of aliphatic hydroxyl groups excluding tert-OH is 4. The minimum Gasteiger partial charge on any atom is -0.505 e. The Kier molecular flexibility index (Phi) is 11.6. The molecule has 13 heteroatoms. The van der Waals surface area contributed by atoms with E-state index in [9.17, 15) is 35.1 Å². The van der Waals surface area contributed by atoms with Crippen LogP contribution in [0.25, 0.3) is 28.0 Å². The normalized spacial score (nSPS) is 32.3. The van der Waals surface area contributed by atoms with Crippen LogP contribution in [0.1, 0.15) is 46.6 Å². The molecule has 0 saturated carbocycles. The van der Waals surface area contributed by atoms with Crippen molar-refractivity contribution in [3.63, 3.8) is 0 Å². The summed E-state index contributed by atoms with van der Waals surface area (Å²) in [6.45, 7) is 8.66. The number of ketones is 1. The van der Waals surface area contributed by atoms with Gasteiger partial charge in [-0.15, -0.1) is 0 Å². The summed E-state index contributed by atoms with van der Waals surface area (Å²) < 4.78 is 7.64. The van der Waals surface area contributed by atoms with Gasteiger partial charge in [0.15, 0.2) is 17.3 Å². The van der Waals surface area contributed by atoms with E-state index >= 15 is 0 Å². The Morgan fingerprint density at radius 3 is 2.41 bits per heavy atom. The van der Waals surface area contributed by atoms with E-state index in [1.54, 1.807) is 100 Å². The molecule has 1 amide bonds. The molecular weight excluding hydrogens is 714 g/mol. The van der Waals surface area contributed by atoms with Crippen LogP contribution in [-0.4, -0.2) is 103 Å². The molecule has 0 radical (unpaired) electrons. The highest BCUT2D eigenvalue weighted by atomic mass is 16.5. The highest BCUT2D eigenvalue weighted by molar-refractivity contribution is 6.19. The zero-order chi connectivity index (χ0) is 40.7. The summed E-state index contributed by atoms with van der Waals surface area (Å²) in [7, 11) is 5.08. The number of phenolic OH excluding ortho intramolecular Hbond substituents is 1. The van der Waals surface area contributed by atoms with E-state index in [2.05, 4.69) is 22.3 Å². The molecule has 6 rings (SSSR count). The minimum absolute atomic E-state index is 0.0619. The van der Waals surface area contributed by atoms with Crippen LogP contribution in [0.15, 0.2) is 59.4 Å². The van der Waals surface area contributed by atoms with Crippen molar-refractivity contribution in [2.75, 3.05) is 26.5 Å². The number of phenols is 1. The number of imidazole rings is 1. The standard InChI is InChI=1S/C43H51N5O8/c1-21-11-9-12-22(2)43(55)46-37-38-36(45-31-18-15-26(20-48(31)38)19-44-47(6)7)35-33-27(16-17-29(50)34(35)42(37)54)23(3)32(30(56-8)14-10-13-28(33)49)41(53)25(5)40(52)24(4)39(21)51/h9-12,14-15,18-21,23-25,27,30,32,39-41,50-54H,13H2,1-8H3,(H,46,55)/b11-9+,14-10+,22-12-,44-19+/t21-,23?,24+,25+,27?,30-,32-,39-,40+,41-/m0/s1. The van der Waals surface area contributed by atoms with Gasteiger partial charge in [-0.2, -0.15) is 5.10 Å². The fourth-order valence-electron chi connectivity index (χ4n) is 8.26. The lowest BCUT2D eigenvalue weighted by Crippen LogP contribution is -2.48. The third-order valence-electron chi connectivity index (χ3n) is 11.6. The molecular formula is C43H51N5O8. The summed E-state index contributed by atoms with van der Waals surface area (Å²) in [5.74, 6) is -0.327. The number of rotatable bonds is 3. The number of nitrogens with one attached hydrogen (secondary N) is 1. The van der Waals surface area contributed by atoms with E-state index in [4.69, 9.17) is 9.72 Å². The maximum absolute atomic E-state index is 14.6. The van der Waals surface area contributed by atoms with Crippen LogP contribution in [-0.2, 0) is 14.3 Å². The molecule has 296 valence electrons. The van der Waals surface area contributed by atoms with Gasteiger partial charge in [-0.1, -0.05) is 64.0 Å². The van der Waals surface area contributed by atoms with Crippen LogP contribution >= 0.6 is 0 Å². The lowest BCUT2D eigenvalue weighted by molar-refractivity contribution is -0.114. The molecule has 1 aromatic carbocycles. The summed E-state index contributed by atoms with van der Waals surface area (Å²) >= 11 is 0. The third-order valence-corrected chi connectivity index (χ3v) is 11.6. The van der Waals surface area contributed by atoms with Gasteiger partial charge in [0.25, 0.3) is 5.91 Å². The molecule has 13 nitrogen and oxygen atoms in total. The third kappa shape index (κ3) is 7.25. The van der Waals surface area contributed by atoms with Gasteiger partial charge in [0, 0.05) is 79.4 Å². The van der Waals surface area contributed by atoms with Gasteiger partial charge in [-0.05, 0) is 30.9 Å². The number of ether oxygens (including phenoxy) is 1. The SMILES string of the molecule is CO[C@H]1/C=C/CC(=O)C2=c3c4c(O)c(c5c3nc3ccc(/C=N/N(C)C)cn35)NC(=O)/C(C)=C\C=C\[C@H](C)[C@H](O)[C@@H](C)[C@@H](O)[C@@H](C)[C@H](O)[C@H]1C(C)C2C#CC=4O. The molecule has 6 N–H and O–H groups in total. The van der Waals surface area contributed by atoms with Crippen molar-refractivity contribution < 1.29 is 39.9 Å². The smallest absolute Gasteiger partial charge is 0.251 e. The molecule has 0 saturated heterocycles. The van der Waals surface area contributed by atoms with E-state index in [0.717, 1.165) is 0 Å². The molecule has 3 aliphatic rings. The fourth-order valence-corrected chi connectivity index (χ4v) is 8.26. The van der Waals surface area contributed by atoms with Crippen molar-refractivity contribution in [3.8, 4) is 17.6 Å². The number of pyridine rings is 1. The largest absolute Gasteiger partial charge is 0.505 e. The molecule has 56 heavy (non-hydrogen) atoms.